The van der Waals surface area contributed by atoms with E-state index in [9.17, 15) is 18.5 Å². The molecule has 6 nitrogen and oxygen atoms in total. The predicted octanol–water partition coefficient (Wildman–Crippen LogP) is 3.72. The van der Waals surface area contributed by atoms with Crippen LogP contribution in [-0.4, -0.2) is 22.7 Å². The summed E-state index contributed by atoms with van der Waals surface area (Å²) < 4.78 is 25.8. The van der Waals surface area contributed by atoms with Gasteiger partial charge in [0.15, 0.2) is 0 Å². The number of alkyl halides is 1. The van der Waals surface area contributed by atoms with Crippen molar-refractivity contribution in [2.24, 2.45) is 0 Å². The van der Waals surface area contributed by atoms with Crippen LogP contribution in [-0.2, 0) is 10.0 Å². The largest absolute Gasteiger partial charge is 0.307 e. The van der Waals surface area contributed by atoms with Crippen molar-refractivity contribution in [3.63, 3.8) is 0 Å². The van der Waals surface area contributed by atoms with Crippen molar-refractivity contribution >= 4 is 33.4 Å². The molecule has 0 saturated carbocycles. The molecule has 2 atom stereocenters. The number of nitro groups is 1. The van der Waals surface area contributed by atoms with E-state index in [1.807, 2.05) is 6.92 Å². The maximum Gasteiger partial charge on any atom is 0.307 e. The molecule has 0 N–H and O–H groups in total. The first kappa shape index (κ1) is 18.7. The van der Waals surface area contributed by atoms with E-state index in [4.69, 9.17) is 23.4 Å². The highest BCUT2D eigenvalue weighted by Crippen LogP contribution is 2.34. The fourth-order valence-electron chi connectivity index (χ4n) is 2.10. The van der Waals surface area contributed by atoms with E-state index < -0.39 is 26.5 Å². The van der Waals surface area contributed by atoms with Crippen LogP contribution in [0.3, 0.4) is 0 Å². The molecular formula is C15H14Cl2N2O4S. The SMILES string of the molecule is Cc1ccc(S(=O)(=O)N(Cl)C(c2ccccc2)[C@H](Cl)[N+](=O)[O-])cc1. The minimum absolute atomic E-state index is 0.0729. The van der Waals surface area contributed by atoms with E-state index in [1.54, 1.807) is 30.3 Å². The summed E-state index contributed by atoms with van der Waals surface area (Å²) >= 11 is 11.9. The molecule has 9 heteroatoms. The second-order valence-electron chi connectivity index (χ2n) is 5.07. The molecule has 2 aromatic carbocycles. The minimum atomic E-state index is -4.17. The standard InChI is InChI=1S/C15H14Cl2N2O4S/c1-11-7-9-13(10-8-11)24(22,23)18(17)14(15(16)19(20)21)12-5-3-2-4-6-12/h2-10,14-15H,1H3/t14?,15-/m1/s1. The van der Waals surface area contributed by atoms with Crippen molar-refractivity contribution in [3.05, 3.63) is 75.8 Å². The quantitative estimate of drug-likeness (QED) is 0.248. The summed E-state index contributed by atoms with van der Waals surface area (Å²) in [5.74, 6) is 0. The van der Waals surface area contributed by atoms with Gasteiger partial charge in [-0.05, 0) is 48.0 Å². The Hall–Kier alpha value is -1.67. The molecule has 24 heavy (non-hydrogen) atoms. The Morgan fingerprint density at radius 3 is 2.12 bits per heavy atom. The van der Waals surface area contributed by atoms with Gasteiger partial charge in [0.25, 0.3) is 10.0 Å². The number of hydrogen-bond donors (Lipinski definition) is 0. The van der Waals surface area contributed by atoms with Gasteiger partial charge in [-0.15, -0.1) is 0 Å². The molecule has 0 aliphatic carbocycles. The highest BCUT2D eigenvalue weighted by Gasteiger charge is 2.41. The zero-order chi connectivity index (χ0) is 17.9. The average molecular weight is 389 g/mol. The van der Waals surface area contributed by atoms with Gasteiger partial charge in [0.05, 0.1) is 4.90 Å². The van der Waals surface area contributed by atoms with Crippen molar-refractivity contribution in [1.29, 1.82) is 0 Å². The van der Waals surface area contributed by atoms with E-state index >= 15 is 0 Å². The van der Waals surface area contributed by atoms with Crippen molar-refractivity contribution < 1.29 is 13.3 Å². The Balaban J connectivity index is 2.49. The topological polar surface area (TPSA) is 80.5 Å². The summed E-state index contributed by atoms with van der Waals surface area (Å²) in [5.41, 5.74) is -0.555. The summed E-state index contributed by atoms with van der Waals surface area (Å²) in [7, 11) is -4.17. The van der Waals surface area contributed by atoms with Crippen LogP contribution in [0.4, 0.5) is 0 Å². The van der Waals surface area contributed by atoms with Crippen LogP contribution in [0.2, 0.25) is 0 Å². The Kier molecular flexibility index (Phi) is 5.82. The number of rotatable bonds is 6. The van der Waals surface area contributed by atoms with Gasteiger partial charge in [-0.2, -0.15) is 0 Å². The van der Waals surface area contributed by atoms with E-state index in [-0.39, 0.29) is 4.90 Å². The zero-order valence-electron chi connectivity index (χ0n) is 12.5. The van der Waals surface area contributed by atoms with Gasteiger partial charge in [0.1, 0.15) is 6.04 Å². The van der Waals surface area contributed by atoms with Crippen LogP contribution in [0.1, 0.15) is 17.2 Å². The molecule has 0 bridgehead atoms. The Morgan fingerprint density at radius 1 is 1.08 bits per heavy atom. The highest BCUT2D eigenvalue weighted by molar-refractivity contribution is 7.90. The van der Waals surface area contributed by atoms with E-state index in [0.717, 1.165) is 5.56 Å². The normalized spacial score (nSPS) is 14.3. The van der Waals surface area contributed by atoms with Gasteiger partial charge >= 0.3 is 5.50 Å². The average Bonchev–Trinajstić information content (AvgIpc) is 2.56. The van der Waals surface area contributed by atoms with Gasteiger partial charge in [-0.3, -0.25) is 10.1 Å². The number of aryl methyl sites for hydroxylation is 1. The predicted molar refractivity (Wildman–Crippen MR) is 91.9 cm³/mol. The lowest BCUT2D eigenvalue weighted by atomic mass is 10.1. The fraction of sp³-hybridized carbons (Fsp3) is 0.200. The van der Waals surface area contributed by atoms with Crippen LogP contribution in [0, 0.1) is 17.0 Å². The summed E-state index contributed by atoms with van der Waals surface area (Å²) in [6.45, 7) is 1.81. The summed E-state index contributed by atoms with van der Waals surface area (Å²) in [5, 5.41) is 11.1. The number of halogens is 2. The third-order valence-electron chi connectivity index (χ3n) is 3.37. The molecule has 2 rings (SSSR count). The molecule has 1 unspecified atom stereocenters. The maximum atomic E-state index is 12.7. The van der Waals surface area contributed by atoms with Gasteiger partial charge in [-0.1, -0.05) is 51.9 Å². The highest BCUT2D eigenvalue weighted by atomic mass is 35.5. The van der Waals surface area contributed by atoms with E-state index in [1.165, 1.54) is 24.3 Å². The van der Waals surface area contributed by atoms with E-state index in [2.05, 4.69) is 0 Å². The molecule has 0 amide bonds. The Bertz CT molecular complexity index is 813. The van der Waals surface area contributed by atoms with Gasteiger partial charge in [0, 0.05) is 4.92 Å². The first-order valence-corrected chi connectivity index (χ1v) is 9.06. The molecule has 0 aromatic heterocycles. The zero-order valence-corrected chi connectivity index (χ0v) is 14.9. The molecule has 2 aromatic rings. The molecule has 128 valence electrons. The van der Waals surface area contributed by atoms with Crippen molar-refractivity contribution in [3.8, 4) is 0 Å². The minimum Gasteiger partial charge on any atom is -0.263 e. The van der Waals surface area contributed by atoms with Gasteiger partial charge in [-0.25, -0.2) is 8.42 Å². The number of nitrogens with zero attached hydrogens (tertiary/aromatic N) is 2. The molecular weight excluding hydrogens is 375 g/mol. The molecule has 0 fully saturated rings. The molecule has 0 heterocycles. The lowest BCUT2D eigenvalue weighted by Gasteiger charge is -2.24. The fourth-order valence-corrected chi connectivity index (χ4v) is 4.16. The van der Waals surface area contributed by atoms with Gasteiger partial charge < -0.3 is 0 Å². The summed E-state index contributed by atoms with van der Waals surface area (Å²) in [4.78, 5) is 10.3. The molecule has 0 saturated heterocycles. The van der Waals surface area contributed by atoms with Crippen LogP contribution >= 0.6 is 23.4 Å². The number of benzene rings is 2. The van der Waals surface area contributed by atoms with Gasteiger partial charge in [0.2, 0.25) is 0 Å². The first-order valence-electron chi connectivity index (χ1n) is 6.84. The second kappa shape index (κ2) is 7.48. The molecule has 0 aliphatic heterocycles. The summed E-state index contributed by atoms with van der Waals surface area (Å²) in [6, 6.07) is 12.6. The maximum absolute atomic E-state index is 12.7. The third-order valence-corrected chi connectivity index (χ3v) is 6.08. The van der Waals surface area contributed by atoms with Crippen LogP contribution < -0.4 is 0 Å². The van der Waals surface area contributed by atoms with Crippen molar-refractivity contribution in [2.45, 2.75) is 23.4 Å². The molecule has 0 radical (unpaired) electrons. The lowest BCUT2D eigenvalue weighted by molar-refractivity contribution is -0.504. The van der Waals surface area contributed by atoms with Crippen LogP contribution in [0.15, 0.2) is 59.5 Å². The lowest BCUT2D eigenvalue weighted by Crippen LogP contribution is -2.36. The second-order valence-corrected chi connectivity index (χ2v) is 7.90. The van der Waals surface area contributed by atoms with E-state index in [0.29, 0.717) is 9.39 Å². The third kappa shape index (κ3) is 3.87. The van der Waals surface area contributed by atoms with Crippen LogP contribution in [0.5, 0.6) is 0 Å². The molecule has 0 spiro atoms. The monoisotopic (exact) mass is 388 g/mol. The number of hydrogen-bond acceptors (Lipinski definition) is 4. The van der Waals surface area contributed by atoms with Crippen molar-refractivity contribution in [1.82, 2.24) is 3.82 Å². The smallest absolute Gasteiger partial charge is 0.263 e. The number of sulfonamides is 1. The first-order chi connectivity index (χ1) is 11.2. The van der Waals surface area contributed by atoms with Crippen molar-refractivity contribution in [2.75, 3.05) is 0 Å². The summed E-state index contributed by atoms with van der Waals surface area (Å²) in [6.07, 6.45) is 0. The van der Waals surface area contributed by atoms with Crippen LogP contribution in [0.25, 0.3) is 0 Å². The Morgan fingerprint density at radius 2 is 1.62 bits per heavy atom. The Labute approximate surface area is 149 Å². The molecule has 0 aliphatic rings.